The number of aromatic nitrogens is 2. The number of aryl methyl sites for hydroxylation is 2. The Labute approximate surface area is 105 Å². The van der Waals surface area contributed by atoms with Gasteiger partial charge in [-0.3, -0.25) is 0 Å². The first kappa shape index (κ1) is 12.6. The number of hydrogen-bond donors (Lipinski definition) is 1. The summed E-state index contributed by atoms with van der Waals surface area (Å²) in [5.41, 5.74) is 1.19. The van der Waals surface area contributed by atoms with Crippen LogP contribution in [0.25, 0.3) is 0 Å². The molecule has 1 heterocycles. The minimum atomic E-state index is 0.0279. The van der Waals surface area contributed by atoms with Crippen LogP contribution in [0.1, 0.15) is 17.3 Å². The van der Waals surface area contributed by atoms with Crippen LogP contribution in [0.2, 0.25) is 0 Å². The Kier molecular flexibility index (Phi) is 4.30. The average molecular weight is 248 g/mol. The highest BCUT2D eigenvalue weighted by atomic mass is 16.5. The van der Waals surface area contributed by atoms with Gasteiger partial charge in [0.15, 0.2) is 0 Å². The minimum absolute atomic E-state index is 0.0279. The van der Waals surface area contributed by atoms with E-state index in [1.807, 2.05) is 24.3 Å². The van der Waals surface area contributed by atoms with Crippen LogP contribution >= 0.6 is 0 Å². The van der Waals surface area contributed by atoms with E-state index in [1.165, 1.54) is 5.56 Å². The van der Waals surface area contributed by atoms with E-state index in [4.69, 9.17) is 14.3 Å². The zero-order valence-corrected chi connectivity index (χ0v) is 10.3. The predicted octanol–water partition coefficient (Wildman–Crippen LogP) is 1.40. The van der Waals surface area contributed by atoms with Gasteiger partial charge in [0.2, 0.25) is 11.8 Å². The first-order chi connectivity index (χ1) is 8.81. The van der Waals surface area contributed by atoms with Crippen molar-refractivity contribution in [3.63, 3.8) is 0 Å². The zero-order valence-electron chi connectivity index (χ0n) is 10.3. The Morgan fingerprint density at radius 1 is 1.06 bits per heavy atom. The van der Waals surface area contributed by atoms with Crippen molar-refractivity contribution in [2.75, 3.05) is 13.7 Å². The molecule has 5 nitrogen and oxygen atoms in total. The van der Waals surface area contributed by atoms with Gasteiger partial charge in [-0.15, -0.1) is 10.2 Å². The monoisotopic (exact) mass is 248 g/mol. The van der Waals surface area contributed by atoms with Crippen molar-refractivity contribution < 1.29 is 14.3 Å². The van der Waals surface area contributed by atoms with Crippen LogP contribution in [0.3, 0.4) is 0 Å². The van der Waals surface area contributed by atoms with Crippen LogP contribution in [0, 0.1) is 0 Å². The molecule has 0 unspecified atom stereocenters. The molecule has 18 heavy (non-hydrogen) atoms. The van der Waals surface area contributed by atoms with Gasteiger partial charge in [0.25, 0.3) is 0 Å². The molecule has 5 heteroatoms. The molecule has 96 valence electrons. The maximum absolute atomic E-state index is 8.75. The van der Waals surface area contributed by atoms with Crippen LogP contribution < -0.4 is 4.74 Å². The highest BCUT2D eigenvalue weighted by Gasteiger charge is 2.05. The lowest BCUT2D eigenvalue weighted by atomic mass is 10.1. The fourth-order valence-electron chi connectivity index (χ4n) is 1.63. The van der Waals surface area contributed by atoms with Gasteiger partial charge in [0.05, 0.1) is 13.7 Å². The van der Waals surface area contributed by atoms with Gasteiger partial charge in [-0.1, -0.05) is 12.1 Å². The van der Waals surface area contributed by atoms with Crippen molar-refractivity contribution in [2.24, 2.45) is 0 Å². The van der Waals surface area contributed by atoms with E-state index in [9.17, 15) is 0 Å². The second-order valence-electron chi connectivity index (χ2n) is 3.91. The van der Waals surface area contributed by atoms with E-state index in [1.54, 1.807) is 7.11 Å². The van der Waals surface area contributed by atoms with Crippen LogP contribution in [0.4, 0.5) is 0 Å². The maximum atomic E-state index is 8.75. The lowest BCUT2D eigenvalue weighted by Gasteiger charge is -2.01. The van der Waals surface area contributed by atoms with E-state index >= 15 is 0 Å². The summed E-state index contributed by atoms with van der Waals surface area (Å²) in [5, 5.41) is 16.5. The van der Waals surface area contributed by atoms with E-state index in [2.05, 4.69) is 10.2 Å². The maximum Gasteiger partial charge on any atom is 0.218 e. The minimum Gasteiger partial charge on any atom is -0.497 e. The second-order valence-corrected chi connectivity index (χ2v) is 3.91. The number of aliphatic hydroxyl groups excluding tert-OH is 1. The molecule has 0 amide bonds. The Morgan fingerprint density at radius 3 is 2.33 bits per heavy atom. The normalized spacial score (nSPS) is 10.6. The molecule has 0 aliphatic rings. The fraction of sp³-hybridized carbons (Fsp3) is 0.385. The van der Waals surface area contributed by atoms with E-state index < -0.39 is 0 Å². The highest BCUT2D eigenvalue weighted by molar-refractivity contribution is 5.27. The van der Waals surface area contributed by atoms with E-state index in [0.29, 0.717) is 24.6 Å². The van der Waals surface area contributed by atoms with Gasteiger partial charge in [0.1, 0.15) is 5.75 Å². The molecule has 0 bridgehead atoms. The summed E-state index contributed by atoms with van der Waals surface area (Å²) < 4.78 is 10.5. The Balaban J connectivity index is 1.89. The standard InChI is InChI=1S/C13H16N2O3/c1-17-11-5-2-10(3-6-11)4-7-12-14-15-13(18-12)8-9-16/h2-3,5-6,16H,4,7-9H2,1H3. The Morgan fingerprint density at radius 2 is 1.72 bits per heavy atom. The quantitative estimate of drug-likeness (QED) is 0.836. The third-order valence-electron chi connectivity index (χ3n) is 2.62. The molecule has 0 fully saturated rings. The lowest BCUT2D eigenvalue weighted by Crippen LogP contribution is -1.92. The highest BCUT2D eigenvalue weighted by Crippen LogP contribution is 2.13. The Bertz CT molecular complexity index is 479. The molecular formula is C13H16N2O3. The van der Waals surface area contributed by atoms with Gasteiger partial charge in [-0.2, -0.15) is 0 Å². The zero-order chi connectivity index (χ0) is 12.8. The SMILES string of the molecule is COc1ccc(CCc2nnc(CCO)o2)cc1. The molecular weight excluding hydrogens is 232 g/mol. The van der Waals surface area contributed by atoms with Crippen LogP contribution in [0.15, 0.2) is 28.7 Å². The smallest absolute Gasteiger partial charge is 0.218 e. The molecule has 0 aliphatic carbocycles. The van der Waals surface area contributed by atoms with Gasteiger partial charge in [-0.25, -0.2) is 0 Å². The second kappa shape index (κ2) is 6.16. The molecule has 0 atom stereocenters. The summed E-state index contributed by atoms with van der Waals surface area (Å²) in [6, 6.07) is 7.90. The summed E-state index contributed by atoms with van der Waals surface area (Å²) >= 11 is 0. The molecule has 1 aromatic carbocycles. The average Bonchev–Trinajstić information content (AvgIpc) is 2.85. The molecule has 2 rings (SSSR count). The summed E-state index contributed by atoms with van der Waals surface area (Å²) in [4.78, 5) is 0. The summed E-state index contributed by atoms with van der Waals surface area (Å²) in [6.45, 7) is 0.0279. The number of methoxy groups -OCH3 is 1. The summed E-state index contributed by atoms with van der Waals surface area (Å²) in [6.07, 6.45) is 1.95. The van der Waals surface area contributed by atoms with Crippen molar-refractivity contribution in [3.8, 4) is 5.75 Å². The van der Waals surface area contributed by atoms with Crippen molar-refractivity contribution in [2.45, 2.75) is 19.3 Å². The summed E-state index contributed by atoms with van der Waals surface area (Å²) in [7, 11) is 1.65. The van der Waals surface area contributed by atoms with Crippen molar-refractivity contribution >= 4 is 0 Å². The van der Waals surface area contributed by atoms with Gasteiger partial charge in [-0.05, 0) is 24.1 Å². The van der Waals surface area contributed by atoms with Gasteiger partial charge in [0, 0.05) is 12.8 Å². The third kappa shape index (κ3) is 3.30. The van der Waals surface area contributed by atoms with Crippen molar-refractivity contribution in [1.82, 2.24) is 10.2 Å². The molecule has 1 aromatic heterocycles. The van der Waals surface area contributed by atoms with Gasteiger partial charge >= 0.3 is 0 Å². The van der Waals surface area contributed by atoms with E-state index in [0.717, 1.165) is 12.2 Å². The van der Waals surface area contributed by atoms with Crippen molar-refractivity contribution in [1.29, 1.82) is 0 Å². The number of ether oxygens (including phenoxy) is 1. The molecule has 2 aromatic rings. The first-order valence-corrected chi connectivity index (χ1v) is 5.87. The molecule has 0 saturated heterocycles. The number of nitrogens with zero attached hydrogens (tertiary/aromatic N) is 2. The number of aliphatic hydroxyl groups is 1. The molecule has 1 N–H and O–H groups in total. The van der Waals surface area contributed by atoms with E-state index in [-0.39, 0.29) is 6.61 Å². The lowest BCUT2D eigenvalue weighted by molar-refractivity contribution is 0.283. The number of benzene rings is 1. The molecule has 0 radical (unpaired) electrons. The third-order valence-corrected chi connectivity index (χ3v) is 2.62. The summed E-state index contributed by atoms with van der Waals surface area (Å²) in [5.74, 6) is 1.94. The topological polar surface area (TPSA) is 68.4 Å². The van der Waals surface area contributed by atoms with Crippen LogP contribution in [-0.4, -0.2) is 29.0 Å². The Hall–Kier alpha value is -1.88. The van der Waals surface area contributed by atoms with Gasteiger partial charge < -0.3 is 14.3 Å². The largest absolute Gasteiger partial charge is 0.497 e. The first-order valence-electron chi connectivity index (χ1n) is 5.87. The van der Waals surface area contributed by atoms with Crippen LogP contribution in [-0.2, 0) is 19.3 Å². The number of rotatable bonds is 6. The number of hydrogen-bond acceptors (Lipinski definition) is 5. The predicted molar refractivity (Wildman–Crippen MR) is 65.5 cm³/mol. The van der Waals surface area contributed by atoms with Crippen LogP contribution in [0.5, 0.6) is 5.75 Å². The molecule has 0 spiro atoms. The van der Waals surface area contributed by atoms with Crippen molar-refractivity contribution in [3.05, 3.63) is 41.6 Å². The molecule has 0 saturated carbocycles. The molecule has 0 aliphatic heterocycles. The fourth-order valence-corrected chi connectivity index (χ4v) is 1.63.